The van der Waals surface area contributed by atoms with E-state index in [4.69, 9.17) is 4.74 Å². The molecular weight excluding hydrogens is 263 g/mol. The smallest absolute Gasteiger partial charge is 0.142 e. The molecule has 4 heteroatoms. The summed E-state index contributed by atoms with van der Waals surface area (Å²) in [7, 11) is 0. The van der Waals surface area contributed by atoms with Crippen LogP contribution in [0.2, 0.25) is 0 Å². The van der Waals surface area contributed by atoms with Crippen LogP contribution in [0, 0.1) is 5.82 Å². The second kappa shape index (κ2) is 4.10. The van der Waals surface area contributed by atoms with E-state index in [-0.39, 0.29) is 11.7 Å². The average Bonchev–Trinajstić information content (AvgIpc) is 2.53. The van der Waals surface area contributed by atoms with E-state index in [0.29, 0.717) is 10.2 Å². The summed E-state index contributed by atoms with van der Waals surface area (Å²) in [4.78, 5) is 0. The molecule has 0 aliphatic carbocycles. The highest BCUT2D eigenvalue weighted by Gasteiger charge is 2.36. The van der Waals surface area contributed by atoms with Crippen molar-refractivity contribution < 1.29 is 14.2 Å². The number of fused-ring (bicyclic) bond motifs is 1. The van der Waals surface area contributed by atoms with E-state index in [2.05, 4.69) is 15.9 Å². The second-order valence-electron chi connectivity index (χ2n) is 3.66. The van der Waals surface area contributed by atoms with Gasteiger partial charge in [0.05, 0.1) is 10.0 Å². The largest absolute Gasteiger partial charge is 0.486 e. The van der Waals surface area contributed by atoms with Crippen molar-refractivity contribution in [3.8, 4) is 5.75 Å². The molecule has 0 radical (unpaired) electrons. The molecule has 1 aliphatic rings. The Labute approximate surface area is 96.2 Å². The third-order valence-electron chi connectivity index (χ3n) is 2.59. The minimum Gasteiger partial charge on any atom is -0.486 e. The number of rotatable bonds is 2. The molecule has 0 saturated carbocycles. The van der Waals surface area contributed by atoms with Gasteiger partial charge in [-0.05, 0) is 34.5 Å². The maximum atomic E-state index is 13.5. The third kappa shape index (κ3) is 1.76. The first-order valence-electron chi connectivity index (χ1n) is 4.97. The van der Waals surface area contributed by atoms with Crippen LogP contribution >= 0.6 is 15.9 Å². The van der Waals surface area contributed by atoms with E-state index in [1.165, 1.54) is 6.07 Å². The molecule has 1 aromatic rings. The van der Waals surface area contributed by atoms with Crippen LogP contribution in [-0.2, 0) is 0 Å². The number of ether oxygens (including phenoxy) is 1. The van der Waals surface area contributed by atoms with Gasteiger partial charge in [-0.25, -0.2) is 4.39 Å². The zero-order valence-corrected chi connectivity index (χ0v) is 9.92. The lowest BCUT2D eigenvalue weighted by molar-refractivity contribution is 0.0601. The Kier molecular flexibility index (Phi) is 2.98. The van der Waals surface area contributed by atoms with Crippen LogP contribution in [0.5, 0.6) is 5.75 Å². The van der Waals surface area contributed by atoms with E-state index in [0.717, 1.165) is 12.8 Å². The highest BCUT2D eigenvalue weighted by atomic mass is 79.9. The number of aliphatic hydroxyl groups excluding tert-OH is 1. The van der Waals surface area contributed by atoms with Crippen molar-refractivity contribution in [2.45, 2.75) is 32.0 Å². The van der Waals surface area contributed by atoms with Gasteiger partial charge in [0.25, 0.3) is 0 Å². The molecule has 0 fully saturated rings. The van der Waals surface area contributed by atoms with E-state index < -0.39 is 11.9 Å². The first-order valence-corrected chi connectivity index (χ1v) is 5.77. The molecule has 0 saturated heterocycles. The van der Waals surface area contributed by atoms with E-state index in [1.54, 1.807) is 6.07 Å². The number of hydrogen-bond acceptors (Lipinski definition) is 2. The van der Waals surface area contributed by atoms with Gasteiger partial charge in [0, 0.05) is 0 Å². The normalized spacial score (nSPS) is 23.7. The van der Waals surface area contributed by atoms with Gasteiger partial charge >= 0.3 is 0 Å². The molecule has 1 aromatic carbocycles. The van der Waals surface area contributed by atoms with Gasteiger partial charge in [0.15, 0.2) is 0 Å². The molecule has 2 nitrogen and oxygen atoms in total. The molecule has 2 atom stereocenters. The Balaban J connectivity index is 2.40. The number of hydrogen-bond donors (Lipinski definition) is 1. The predicted octanol–water partition coefficient (Wildman–Crippen LogP) is 3.18. The number of aliphatic hydroxyl groups is 1. The van der Waals surface area contributed by atoms with Crippen molar-refractivity contribution >= 4 is 15.9 Å². The van der Waals surface area contributed by atoms with Gasteiger partial charge in [0.1, 0.15) is 23.8 Å². The molecule has 15 heavy (non-hydrogen) atoms. The minimum atomic E-state index is -0.850. The highest BCUT2D eigenvalue weighted by Crippen LogP contribution is 2.44. The van der Waals surface area contributed by atoms with E-state index in [1.807, 2.05) is 6.92 Å². The van der Waals surface area contributed by atoms with Gasteiger partial charge in [-0.3, -0.25) is 0 Å². The molecule has 2 rings (SSSR count). The predicted molar refractivity (Wildman–Crippen MR) is 58.4 cm³/mol. The zero-order valence-electron chi connectivity index (χ0n) is 8.34. The Morgan fingerprint density at radius 1 is 1.53 bits per heavy atom. The van der Waals surface area contributed by atoms with E-state index in [9.17, 15) is 9.50 Å². The summed E-state index contributed by atoms with van der Waals surface area (Å²) < 4.78 is 19.7. The van der Waals surface area contributed by atoms with Gasteiger partial charge in [-0.1, -0.05) is 13.3 Å². The maximum Gasteiger partial charge on any atom is 0.142 e. The zero-order chi connectivity index (χ0) is 11.0. The molecular formula is C11H12BrFO2. The lowest BCUT2D eigenvalue weighted by atomic mass is 10.0. The summed E-state index contributed by atoms with van der Waals surface area (Å²) in [6.07, 6.45) is 0.451. The lowest BCUT2D eigenvalue weighted by Gasteiger charge is -2.12. The van der Waals surface area contributed by atoms with Crippen molar-refractivity contribution in [2.75, 3.05) is 0 Å². The SMILES string of the molecule is CCCC1Oc2c(Br)ccc(F)c2C1O. The molecule has 0 aromatic heterocycles. The van der Waals surface area contributed by atoms with Crippen LogP contribution in [-0.4, -0.2) is 11.2 Å². The molecule has 0 spiro atoms. The quantitative estimate of drug-likeness (QED) is 0.898. The highest BCUT2D eigenvalue weighted by molar-refractivity contribution is 9.10. The standard InChI is InChI=1S/C11H12BrFO2/c1-2-3-8-10(14)9-7(13)5-4-6(12)11(9)15-8/h4-5,8,10,14H,2-3H2,1H3. The maximum absolute atomic E-state index is 13.5. The van der Waals surface area contributed by atoms with Crippen LogP contribution in [0.4, 0.5) is 4.39 Å². The molecule has 1 aliphatic heterocycles. The van der Waals surface area contributed by atoms with Gasteiger partial charge < -0.3 is 9.84 Å². The van der Waals surface area contributed by atoms with E-state index >= 15 is 0 Å². The van der Waals surface area contributed by atoms with Crippen molar-refractivity contribution in [3.63, 3.8) is 0 Å². The van der Waals surface area contributed by atoms with Crippen molar-refractivity contribution in [3.05, 3.63) is 28.0 Å². The van der Waals surface area contributed by atoms with Crippen LogP contribution in [0.1, 0.15) is 31.4 Å². The molecule has 1 N–H and O–H groups in total. The summed E-state index contributed by atoms with van der Waals surface area (Å²) in [5.74, 6) is 0.0419. The molecule has 2 unspecified atom stereocenters. The first kappa shape index (κ1) is 10.9. The van der Waals surface area contributed by atoms with Gasteiger partial charge in [0.2, 0.25) is 0 Å². The Morgan fingerprint density at radius 2 is 2.27 bits per heavy atom. The van der Waals surface area contributed by atoms with Crippen LogP contribution in [0.25, 0.3) is 0 Å². The fourth-order valence-electron chi connectivity index (χ4n) is 1.85. The van der Waals surface area contributed by atoms with Crippen LogP contribution < -0.4 is 4.74 Å². The number of halogens is 2. The van der Waals surface area contributed by atoms with Gasteiger partial charge in [-0.2, -0.15) is 0 Å². The molecule has 82 valence electrons. The topological polar surface area (TPSA) is 29.5 Å². The minimum absolute atomic E-state index is 0.280. The van der Waals surface area contributed by atoms with Crippen LogP contribution in [0.15, 0.2) is 16.6 Å². The average molecular weight is 275 g/mol. The Bertz CT molecular complexity index is 381. The van der Waals surface area contributed by atoms with Crippen molar-refractivity contribution in [1.82, 2.24) is 0 Å². The van der Waals surface area contributed by atoms with Crippen LogP contribution in [0.3, 0.4) is 0 Å². The lowest BCUT2D eigenvalue weighted by Crippen LogP contribution is -2.18. The fraction of sp³-hybridized carbons (Fsp3) is 0.455. The monoisotopic (exact) mass is 274 g/mol. The number of benzene rings is 1. The molecule has 0 amide bonds. The fourth-order valence-corrected chi connectivity index (χ4v) is 2.29. The molecule has 1 heterocycles. The van der Waals surface area contributed by atoms with Gasteiger partial charge in [-0.15, -0.1) is 0 Å². The van der Waals surface area contributed by atoms with Crippen molar-refractivity contribution in [2.24, 2.45) is 0 Å². The van der Waals surface area contributed by atoms with Crippen molar-refractivity contribution in [1.29, 1.82) is 0 Å². The second-order valence-corrected chi connectivity index (χ2v) is 4.52. The summed E-state index contributed by atoms with van der Waals surface area (Å²) >= 11 is 3.28. The Morgan fingerprint density at radius 3 is 2.87 bits per heavy atom. The first-order chi connectivity index (χ1) is 7.15. The summed E-state index contributed by atoms with van der Waals surface area (Å²) in [5, 5.41) is 9.89. The summed E-state index contributed by atoms with van der Waals surface area (Å²) in [6.45, 7) is 2.00. The summed E-state index contributed by atoms with van der Waals surface area (Å²) in [6, 6.07) is 2.93. The molecule has 0 bridgehead atoms. The summed E-state index contributed by atoms with van der Waals surface area (Å²) in [5.41, 5.74) is 0.280. The Hall–Kier alpha value is -0.610. The third-order valence-corrected chi connectivity index (χ3v) is 3.21.